The number of esters is 1. The van der Waals surface area contributed by atoms with Crippen molar-refractivity contribution < 1.29 is 9.53 Å². The van der Waals surface area contributed by atoms with Gasteiger partial charge in [0.2, 0.25) is 0 Å². The molecule has 0 bridgehead atoms. The number of carbonyl (C=O) groups is 1. The first-order valence-corrected chi connectivity index (χ1v) is 7.36. The number of benzene rings is 1. The molecule has 0 heterocycles. The van der Waals surface area contributed by atoms with Crippen LogP contribution in [0.15, 0.2) is 18.2 Å². The summed E-state index contributed by atoms with van der Waals surface area (Å²) in [6, 6.07) is 5.52. The van der Waals surface area contributed by atoms with Gasteiger partial charge in [0.25, 0.3) is 0 Å². The number of anilines is 2. The second-order valence-electron chi connectivity index (χ2n) is 5.03. The minimum absolute atomic E-state index is 0.310. The molecule has 4 nitrogen and oxygen atoms in total. The molecule has 20 heavy (non-hydrogen) atoms. The Hall–Kier alpha value is -1.71. The summed E-state index contributed by atoms with van der Waals surface area (Å²) in [5.74, 6) is 0.270. The maximum Gasteiger partial charge on any atom is 0.338 e. The van der Waals surface area contributed by atoms with E-state index in [2.05, 4.69) is 26.1 Å². The quantitative estimate of drug-likeness (QED) is 0.590. The Morgan fingerprint density at radius 3 is 2.50 bits per heavy atom. The first-order valence-electron chi connectivity index (χ1n) is 7.36. The molecule has 1 aromatic rings. The van der Waals surface area contributed by atoms with Gasteiger partial charge >= 0.3 is 5.97 Å². The summed E-state index contributed by atoms with van der Waals surface area (Å²) in [6.07, 6.45) is 2.23. The second-order valence-corrected chi connectivity index (χ2v) is 5.03. The highest BCUT2D eigenvalue weighted by Crippen LogP contribution is 2.24. The van der Waals surface area contributed by atoms with E-state index in [1.54, 1.807) is 25.1 Å². The Morgan fingerprint density at radius 2 is 1.95 bits per heavy atom. The third kappa shape index (κ3) is 4.15. The SMILES string of the molecule is CCOC(=O)c1ccc(N)c(NC(C)C(CC)CC)c1. The van der Waals surface area contributed by atoms with Crippen LogP contribution in [0, 0.1) is 5.92 Å². The average Bonchev–Trinajstić information content (AvgIpc) is 2.42. The minimum atomic E-state index is -0.314. The van der Waals surface area contributed by atoms with Gasteiger partial charge in [0.1, 0.15) is 0 Å². The summed E-state index contributed by atoms with van der Waals surface area (Å²) in [5, 5.41) is 3.42. The highest BCUT2D eigenvalue weighted by atomic mass is 16.5. The lowest BCUT2D eigenvalue weighted by Gasteiger charge is -2.24. The van der Waals surface area contributed by atoms with Gasteiger partial charge in [-0.2, -0.15) is 0 Å². The fourth-order valence-corrected chi connectivity index (χ4v) is 2.38. The van der Waals surface area contributed by atoms with E-state index in [9.17, 15) is 4.79 Å². The largest absolute Gasteiger partial charge is 0.462 e. The van der Waals surface area contributed by atoms with Crippen molar-refractivity contribution in [3.05, 3.63) is 23.8 Å². The third-order valence-corrected chi connectivity index (χ3v) is 3.70. The number of nitrogens with two attached hydrogens (primary N) is 1. The van der Waals surface area contributed by atoms with Crippen molar-refractivity contribution in [1.29, 1.82) is 0 Å². The topological polar surface area (TPSA) is 64.3 Å². The van der Waals surface area contributed by atoms with Crippen molar-refractivity contribution in [2.75, 3.05) is 17.7 Å². The van der Waals surface area contributed by atoms with Crippen molar-refractivity contribution >= 4 is 17.3 Å². The molecule has 0 spiro atoms. The van der Waals surface area contributed by atoms with E-state index >= 15 is 0 Å². The number of ether oxygens (including phenoxy) is 1. The highest BCUT2D eigenvalue weighted by molar-refractivity contribution is 5.92. The predicted molar refractivity (Wildman–Crippen MR) is 84.0 cm³/mol. The Morgan fingerprint density at radius 1 is 1.30 bits per heavy atom. The maximum absolute atomic E-state index is 11.7. The van der Waals surface area contributed by atoms with Crippen LogP contribution in [0.3, 0.4) is 0 Å². The first kappa shape index (κ1) is 16.3. The number of nitrogen functional groups attached to an aromatic ring is 1. The van der Waals surface area contributed by atoms with Crippen LogP contribution in [-0.2, 0) is 4.74 Å². The molecule has 0 aliphatic rings. The number of carbonyl (C=O) groups excluding carboxylic acids is 1. The van der Waals surface area contributed by atoms with Gasteiger partial charge in [-0.1, -0.05) is 26.7 Å². The molecule has 3 N–H and O–H groups in total. The summed E-state index contributed by atoms with van der Waals surface area (Å²) in [5.41, 5.74) is 7.96. The molecule has 0 aromatic heterocycles. The molecule has 0 aliphatic heterocycles. The van der Waals surface area contributed by atoms with Crippen molar-refractivity contribution in [3.8, 4) is 0 Å². The summed E-state index contributed by atoms with van der Waals surface area (Å²) >= 11 is 0. The lowest BCUT2D eigenvalue weighted by atomic mass is 9.95. The summed E-state index contributed by atoms with van der Waals surface area (Å²) in [4.78, 5) is 11.7. The van der Waals surface area contributed by atoms with Gasteiger partial charge in [-0.15, -0.1) is 0 Å². The molecule has 112 valence electrons. The van der Waals surface area contributed by atoms with Gasteiger partial charge in [-0.3, -0.25) is 0 Å². The van der Waals surface area contributed by atoms with Gasteiger partial charge in [0, 0.05) is 6.04 Å². The zero-order chi connectivity index (χ0) is 15.1. The number of rotatable bonds is 7. The monoisotopic (exact) mass is 278 g/mol. The van der Waals surface area contributed by atoms with Crippen LogP contribution in [-0.4, -0.2) is 18.6 Å². The Kier molecular flexibility index (Phi) is 6.36. The molecule has 0 fully saturated rings. The molecule has 0 saturated carbocycles. The van der Waals surface area contributed by atoms with E-state index in [4.69, 9.17) is 10.5 Å². The smallest absolute Gasteiger partial charge is 0.338 e. The van der Waals surface area contributed by atoms with Gasteiger partial charge in [0.15, 0.2) is 0 Å². The van der Waals surface area contributed by atoms with Crippen LogP contribution in [0.5, 0.6) is 0 Å². The Labute approximate surface area is 121 Å². The molecule has 0 amide bonds. The van der Waals surface area contributed by atoms with E-state index in [1.165, 1.54) is 0 Å². The van der Waals surface area contributed by atoms with Crippen LogP contribution in [0.1, 0.15) is 50.9 Å². The van der Waals surface area contributed by atoms with Crippen molar-refractivity contribution in [1.82, 2.24) is 0 Å². The number of nitrogens with one attached hydrogen (secondary N) is 1. The zero-order valence-electron chi connectivity index (χ0n) is 12.9. The normalized spacial score (nSPS) is 12.2. The van der Waals surface area contributed by atoms with Gasteiger partial charge in [0.05, 0.1) is 23.5 Å². The van der Waals surface area contributed by atoms with Crippen LogP contribution in [0.2, 0.25) is 0 Å². The summed E-state index contributed by atoms with van der Waals surface area (Å²) < 4.78 is 5.01. The standard InChI is InChI=1S/C16H26N2O2/c1-5-12(6-2)11(4)18-15-10-13(8-9-14(15)17)16(19)20-7-3/h8-12,18H,5-7,17H2,1-4H3. The van der Waals surface area contributed by atoms with Gasteiger partial charge in [-0.25, -0.2) is 4.79 Å². The van der Waals surface area contributed by atoms with Crippen molar-refractivity contribution in [3.63, 3.8) is 0 Å². The lowest BCUT2D eigenvalue weighted by Crippen LogP contribution is -2.25. The van der Waals surface area contributed by atoms with Gasteiger partial charge in [-0.05, 0) is 38.0 Å². The Bertz CT molecular complexity index is 442. The molecule has 1 rings (SSSR count). The van der Waals surface area contributed by atoms with E-state index in [0.29, 0.717) is 29.8 Å². The van der Waals surface area contributed by atoms with E-state index < -0.39 is 0 Å². The van der Waals surface area contributed by atoms with Crippen LogP contribution in [0.25, 0.3) is 0 Å². The summed E-state index contributed by atoms with van der Waals surface area (Å²) in [6.45, 7) is 8.68. The molecule has 0 saturated heterocycles. The molecular weight excluding hydrogens is 252 g/mol. The predicted octanol–water partition coefficient (Wildman–Crippen LogP) is 3.68. The van der Waals surface area contributed by atoms with E-state index in [0.717, 1.165) is 18.5 Å². The Balaban J connectivity index is 2.89. The molecule has 4 heteroatoms. The highest BCUT2D eigenvalue weighted by Gasteiger charge is 2.15. The molecule has 0 aliphatic carbocycles. The maximum atomic E-state index is 11.7. The number of hydrogen-bond donors (Lipinski definition) is 2. The van der Waals surface area contributed by atoms with E-state index in [-0.39, 0.29) is 5.97 Å². The van der Waals surface area contributed by atoms with E-state index in [1.807, 2.05) is 0 Å². The average molecular weight is 278 g/mol. The second kappa shape index (κ2) is 7.78. The van der Waals surface area contributed by atoms with Crippen LogP contribution < -0.4 is 11.1 Å². The zero-order valence-corrected chi connectivity index (χ0v) is 12.9. The third-order valence-electron chi connectivity index (χ3n) is 3.70. The molecule has 0 radical (unpaired) electrons. The van der Waals surface area contributed by atoms with Crippen molar-refractivity contribution in [2.24, 2.45) is 5.92 Å². The fourth-order valence-electron chi connectivity index (χ4n) is 2.38. The molecule has 1 unspecified atom stereocenters. The van der Waals surface area contributed by atoms with Crippen molar-refractivity contribution in [2.45, 2.75) is 46.6 Å². The first-order chi connectivity index (χ1) is 9.53. The fraction of sp³-hybridized carbons (Fsp3) is 0.562. The number of hydrogen-bond acceptors (Lipinski definition) is 4. The lowest BCUT2D eigenvalue weighted by molar-refractivity contribution is 0.0526. The molecule has 1 atom stereocenters. The molecular formula is C16H26N2O2. The van der Waals surface area contributed by atoms with Gasteiger partial charge < -0.3 is 15.8 Å². The van der Waals surface area contributed by atoms with Crippen LogP contribution >= 0.6 is 0 Å². The summed E-state index contributed by atoms with van der Waals surface area (Å²) in [7, 11) is 0. The van der Waals surface area contributed by atoms with Crippen LogP contribution in [0.4, 0.5) is 11.4 Å². The molecule has 1 aromatic carbocycles. The minimum Gasteiger partial charge on any atom is -0.462 e.